The highest BCUT2D eigenvalue weighted by Gasteiger charge is 2.35. The third-order valence-electron chi connectivity index (χ3n) is 4.66. The van der Waals surface area contributed by atoms with Crippen LogP contribution in [0.1, 0.15) is 46.5 Å². The van der Waals surface area contributed by atoms with Crippen LogP contribution in [0.3, 0.4) is 0 Å². The summed E-state index contributed by atoms with van der Waals surface area (Å²) in [5.41, 5.74) is 0.187. The van der Waals surface area contributed by atoms with Gasteiger partial charge in [0.1, 0.15) is 0 Å². The minimum Gasteiger partial charge on any atom is -0.478 e. The molecule has 2 N–H and O–H groups in total. The van der Waals surface area contributed by atoms with Crippen LogP contribution >= 0.6 is 0 Å². The first kappa shape index (κ1) is 17.9. The maximum absolute atomic E-state index is 12.1. The lowest BCUT2D eigenvalue weighted by atomic mass is 9.86. The van der Waals surface area contributed by atoms with E-state index >= 15 is 0 Å². The van der Waals surface area contributed by atoms with Gasteiger partial charge in [-0.1, -0.05) is 13.8 Å². The van der Waals surface area contributed by atoms with Crippen molar-refractivity contribution in [2.45, 2.75) is 64.6 Å². The average Bonchev–Trinajstić information content (AvgIpc) is 2.84. The van der Waals surface area contributed by atoms with Crippen molar-refractivity contribution in [2.75, 3.05) is 18.5 Å². The quantitative estimate of drug-likeness (QED) is 0.785. The van der Waals surface area contributed by atoms with Gasteiger partial charge in [-0.3, -0.25) is 4.79 Å². The van der Waals surface area contributed by atoms with Gasteiger partial charge in [0.05, 0.1) is 25.7 Å². The van der Waals surface area contributed by atoms with Gasteiger partial charge in [-0.25, -0.2) is 4.98 Å². The molecular weight excluding hydrogens is 320 g/mol. The predicted octanol–water partition coefficient (Wildman–Crippen LogP) is 2.14. The molecule has 0 bridgehead atoms. The van der Waals surface area contributed by atoms with Gasteiger partial charge in [0.15, 0.2) is 0 Å². The lowest BCUT2D eigenvalue weighted by Crippen LogP contribution is -2.50. The Morgan fingerprint density at radius 2 is 2.20 bits per heavy atom. The highest BCUT2D eigenvalue weighted by molar-refractivity contribution is 5.77. The Bertz CT molecular complexity index is 602. The van der Waals surface area contributed by atoms with Gasteiger partial charge in [0.25, 0.3) is 0 Å². The summed E-state index contributed by atoms with van der Waals surface area (Å²) in [6.45, 7) is 7.59. The number of amides is 1. The number of hydrogen-bond donors (Lipinski definition) is 2. The summed E-state index contributed by atoms with van der Waals surface area (Å²) in [5.74, 6) is 1.23. The molecule has 7 heteroatoms. The molecule has 2 fully saturated rings. The summed E-state index contributed by atoms with van der Waals surface area (Å²) in [5, 5.41) is 6.38. The third-order valence-corrected chi connectivity index (χ3v) is 4.66. The van der Waals surface area contributed by atoms with E-state index in [1.807, 2.05) is 6.92 Å². The Balaban J connectivity index is 1.37. The summed E-state index contributed by atoms with van der Waals surface area (Å²) in [7, 11) is 0. The van der Waals surface area contributed by atoms with Crippen molar-refractivity contribution in [3.8, 4) is 5.88 Å². The molecule has 0 radical (unpaired) electrons. The highest BCUT2D eigenvalue weighted by atomic mass is 16.5. The minimum absolute atomic E-state index is 0.0544. The second kappa shape index (κ2) is 7.56. The number of nitrogens with one attached hydrogen (secondary N) is 2. The van der Waals surface area contributed by atoms with E-state index in [2.05, 4.69) is 34.4 Å². The summed E-state index contributed by atoms with van der Waals surface area (Å²) in [6, 6.07) is 2.24. The summed E-state index contributed by atoms with van der Waals surface area (Å²) in [6.07, 6.45) is 4.90. The minimum atomic E-state index is 0.0544. The van der Waals surface area contributed by atoms with Crippen LogP contribution in [0.4, 0.5) is 5.95 Å². The van der Waals surface area contributed by atoms with Gasteiger partial charge < -0.3 is 20.1 Å². The molecule has 1 aromatic heterocycles. The number of aromatic nitrogens is 2. The molecule has 1 aliphatic carbocycles. The molecular formula is C18H28N4O3. The molecule has 1 aromatic rings. The monoisotopic (exact) mass is 348 g/mol. The largest absolute Gasteiger partial charge is 0.478 e. The first-order chi connectivity index (χ1) is 11.9. The molecule has 1 saturated heterocycles. The SMILES string of the molecule is CCOc1ccnc(NC2CC(NC(=O)CC3CC(C)(C)CO3)C2)n1. The molecule has 1 aliphatic heterocycles. The fourth-order valence-corrected chi connectivity index (χ4v) is 3.38. The Morgan fingerprint density at radius 1 is 1.40 bits per heavy atom. The van der Waals surface area contributed by atoms with Gasteiger partial charge >= 0.3 is 0 Å². The van der Waals surface area contributed by atoms with Crippen molar-refractivity contribution >= 4 is 11.9 Å². The van der Waals surface area contributed by atoms with E-state index in [1.165, 1.54) is 0 Å². The second-order valence-electron chi connectivity index (χ2n) is 7.73. The molecule has 2 heterocycles. The Hall–Kier alpha value is -1.89. The predicted molar refractivity (Wildman–Crippen MR) is 94.5 cm³/mol. The van der Waals surface area contributed by atoms with Crippen molar-refractivity contribution in [3.63, 3.8) is 0 Å². The van der Waals surface area contributed by atoms with E-state index in [0.717, 1.165) is 25.9 Å². The van der Waals surface area contributed by atoms with E-state index < -0.39 is 0 Å². The molecule has 1 atom stereocenters. The molecule has 3 rings (SSSR count). The van der Waals surface area contributed by atoms with E-state index in [4.69, 9.17) is 9.47 Å². The number of anilines is 1. The normalized spacial score (nSPS) is 27.4. The lowest BCUT2D eigenvalue weighted by Gasteiger charge is -2.36. The topological polar surface area (TPSA) is 85.4 Å². The van der Waals surface area contributed by atoms with Gasteiger partial charge in [-0.2, -0.15) is 4.98 Å². The second-order valence-corrected chi connectivity index (χ2v) is 7.73. The van der Waals surface area contributed by atoms with Crippen LogP contribution < -0.4 is 15.4 Å². The number of carbonyl (C=O) groups excluding carboxylic acids is 1. The Labute approximate surface area is 148 Å². The zero-order valence-electron chi connectivity index (χ0n) is 15.2. The smallest absolute Gasteiger partial charge is 0.226 e. The molecule has 0 spiro atoms. The zero-order chi connectivity index (χ0) is 17.9. The van der Waals surface area contributed by atoms with Crippen molar-refractivity contribution in [2.24, 2.45) is 5.41 Å². The van der Waals surface area contributed by atoms with Crippen LogP contribution in [0.2, 0.25) is 0 Å². The number of carbonyl (C=O) groups is 1. The van der Waals surface area contributed by atoms with Crippen LogP contribution in [0.5, 0.6) is 5.88 Å². The molecule has 2 aliphatic rings. The number of rotatable bonds is 7. The van der Waals surface area contributed by atoms with Crippen LogP contribution in [0.15, 0.2) is 12.3 Å². The fourth-order valence-electron chi connectivity index (χ4n) is 3.38. The highest BCUT2D eigenvalue weighted by Crippen LogP contribution is 2.33. The third kappa shape index (κ3) is 5.04. The average molecular weight is 348 g/mol. The Morgan fingerprint density at radius 3 is 2.88 bits per heavy atom. The number of hydrogen-bond acceptors (Lipinski definition) is 6. The molecule has 25 heavy (non-hydrogen) atoms. The molecule has 1 unspecified atom stereocenters. The van der Waals surface area contributed by atoms with Crippen molar-refractivity contribution < 1.29 is 14.3 Å². The molecule has 7 nitrogen and oxygen atoms in total. The van der Waals surface area contributed by atoms with Crippen molar-refractivity contribution in [1.29, 1.82) is 0 Å². The molecule has 1 saturated carbocycles. The fraction of sp³-hybridized carbons (Fsp3) is 0.722. The van der Waals surface area contributed by atoms with Crippen molar-refractivity contribution in [3.05, 3.63) is 12.3 Å². The summed E-state index contributed by atoms with van der Waals surface area (Å²) in [4.78, 5) is 20.7. The van der Waals surface area contributed by atoms with Gasteiger partial charge in [0, 0.05) is 24.3 Å². The van der Waals surface area contributed by atoms with Crippen LogP contribution in [0.25, 0.3) is 0 Å². The molecule has 0 aromatic carbocycles. The first-order valence-electron chi connectivity index (χ1n) is 9.07. The Kier molecular flexibility index (Phi) is 5.42. The summed E-state index contributed by atoms with van der Waals surface area (Å²) < 4.78 is 11.1. The lowest BCUT2D eigenvalue weighted by molar-refractivity contribution is -0.124. The van der Waals surface area contributed by atoms with Crippen LogP contribution in [-0.2, 0) is 9.53 Å². The van der Waals surface area contributed by atoms with E-state index in [-0.39, 0.29) is 29.5 Å². The van der Waals surface area contributed by atoms with Crippen LogP contribution in [-0.4, -0.2) is 47.3 Å². The maximum Gasteiger partial charge on any atom is 0.226 e. The number of nitrogens with zero attached hydrogens (tertiary/aromatic N) is 2. The number of ether oxygens (including phenoxy) is 2. The van der Waals surface area contributed by atoms with Crippen LogP contribution in [0, 0.1) is 5.41 Å². The van der Waals surface area contributed by atoms with E-state index in [9.17, 15) is 4.79 Å². The van der Waals surface area contributed by atoms with E-state index in [0.29, 0.717) is 24.9 Å². The maximum atomic E-state index is 12.1. The summed E-state index contributed by atoms with van der Waals surface area (Å²) >= 11 is 0. The first-order valence-corrected chi connectivity index (χ1v) is 9.07. The molecule has 138 valence electrons. The van der Waals surface area contributed by atoms with Gasteiger partial charge in [-0.15, -0.1) is 0 Å². The van der Waals surface area contributed by atoms with E-state index in [1.54, 1.807) is 12.3 Å². The standard InChI is InChI=1S/C18H28N4O3/c1-4-24-16-5-6-19-17(22-16)21-13-7-12(8-13)20-15(23)9-14-10-18(2,3)11-25-14/h5-6,12-14H,4,7-11H2,1-3H3,(H,20,23)(H,19,21,22). The molecule has 1 amide bonds. The van der Waals surface area contributed by atoms with Gasteiger partial charge in [-0.05, 0) is 31.6 Å². The van der Waals surface area contributed by atoms with Crippen molar-refractivity contribution in [1.82, 2.24) is 15.3 Å². The van der Waals surface area contributed by atoms with Gasteiger partial charge in [0.2, 0.25) is 17.7 Å². The zero-order valence-corrected chi connectivity index (χ0v) is 15.2.